The van der Waals surface area contributed by atoms with Gasteiger partial charge < -0.3 is 9.64 Å². The standard InChI is InChI=1S/C17H21N3O3/c1-11-5-4-6-14-16(11)18-10-19(17(14)22)8-15(21)20-7-13(3)23-9-12(20)2/h4-6,10,12-13H,7-9H2,1-3H3/t12-,13-/m1/s1. The maximum atomic E-state index is 12.6. The molecule has 1 aromatic heterocycles. The molecule has 3 rings (SSSR count). The van der Waals surface area contributed by atoms with Gasteiger partial charge in [-0.3, -0.25) is 14.2 Å². The lowest BCUT2D eigenvalue weighted by atomic mass is 10.1. The lowest BCUT2D eigenvalue weighted by Gasteiger charge is -2.36. The van der Waals surface area contributed by atoms with Crippen molar-refractivity contribution in [1.29, 1.82) is 0 Å². The number of morpholine rings is 1. The summed E-state index contributed by atoms with van der Waals surface area (Å²) < 4.78 is 6.93. The number of benzene rings is 1. The van der Waals surface area contributed by atoms with E-state index >= 15 is 0 Å². The van der Waals surface area contributed by atoms with Crippen molar-refractivity contribution in [2.24, 2.45) is 0 Å². The Kier molecular flexibility index (Phi) is 4.17. The molecule has 2 heterocycles. The average molecular weight is 315 g/mol. The van der Waals surface area contributed by atoms with Gasteiger partial charge in [-0.05, 0) is 32.4 Å². The van der Waals surface area contributed by atoms with Crippen LogP contribution in [0.1, 0.15) is 19.4 Å². The highest BCUT2D eigenvalue weighted by molar-refractivity contribution is 5.81. The first kappa shape index (κ1) is 15.7. The number of aromatic nitrogens is 2. The molecule has 0 radical (unpaired) electrons. The maximum absolute atomic E-state index is 12.6. The van der Waals surface area contributed by atoms with E-state index in [1.54, 1.807) is 11.0 Å². The number of carbonyl (C=O) groups is 1. The van der Waals surface area contributed by atoms with Crippen LogP contribution in [0, 0.1) is 6.92 Å². The van der Waals surface area contributed by atoms with Gasteiger partial charge in [0.2, 0.25) is 5.91 Å². The van der Waals surface area contributed by atoms with Gasteiger partial charge in [0.05, 0.1) is 36.0 Å². The third-order valence-electron chi connectivity index (χ3n) is 4.29. The summed E-state index contributed by atoms with van der Waals surface area (Å²) in [5.41, 5.74) is 1.46. The minimum atomic E-state index is -0.180. The van der Waals surface area contributed by atoms with Gasteiger partial charge in [-0.25, -0.2) is 4.98 Å². The molecule has 2 aromatic rings. The summed E-state index contributed by atoms with van der Waals surface area (Å²) in [6, 6.07) is 5.52. The molecule has 122 valence electrons. The van der Waals surface area contributed by atoms with Gasteiger partial charge in [0.25, 0.3) is 5.56 Å². The number of para-hydroxylation sites is 1. The highest BCUT2D eigenvalue weighted by Crippen LogP contribution is 2.13. The number of nitrogens with zero attached hydrogens (tertiary/aromatic N) is 3. The van der Waals surface area contributed by atoms with Crippen LogP contribution in [0.15, 0.2) is 29.3 Å². The molecule has 6 nitrogen and oxygen atoms in total. The fourth-order valence-electron chi connectivity index (χ4n) is 2.94. The van der Waals surface area contributed by atoms with Crippen LogP contribution in [0.25, 0.3) is 10.9 Å². The van der Waals surface area contributed by atoms with Crippen LogP contribution in [-0.4, -0.2) is 45.7 Å². The third-order valence-corrected chi connectivity index (χ3v) is 4.29. The predicted molar refractivity (Wildman–Crippen MR) is 87.3 cm³/mol. The van der Waals surface area contributed by atoms with E-state index in [-0.39, 0.29) is 30.2 Å². The van der Waals surface area contributed by atoms with Gasteiger partial charge in [-0.2, -0.15) is 0 Å². The summed E-state index contributed by atoms with van der Waals surface area (Å²) in [6.45, 7) is 6.90. The monoisotopic (exact) mass is 315 g/mol. The molecule has 2 atom stereocenters. The topological polar surface area (TPSA) is 64.4 Å². The van der Waals surface area contributed by atoms with E-state index in [9.17, 15) is 9.59 Å². The zero-order valence-corrected chi connectivity index (χ0v) is 13.7. The first-order valence-electron chi connectivity index (χ1n) is 7.83. The van der Waals surface area contributed by atoms with E-state index in [2.05, 4.69) is 4.98 Å². The quantitative estimate of drug-likeness (QED) is 0.839. The van der Waals surface area contributed by atoms with Crippen LogP contribution in [0.2, 0.25) is 0 Å². The smallest absolute Gasteiger partial charge is 0.261 e. The molecule has 1 saturated heterocycles. The van der Waals surface area contributed by atoms with Crippen LogP contribution in [0.3, 0.4) is 0 Å². The number of hydrogen-bond acceptors (Lipinski definition) is 4. The van der Waals surface area contributed by atoms with Crippen molar-refractivity contribution in [1.82, 2.24) is 14.5 Å². The molecule has 23 heavy (non-hydrogen) atoms. The summed E-state index contributed by atoms with van der Waals surface area (Å²) in [5.74, 6) is -0.0800. The molecule has 0 bridgehead atoms. The van der Waals surface area contributed by atoms with Crippen molar-refractivity contribution in [3.63, 3.8) is 0 Å². The second kappa shape index (κ2) is 6.12. The van der Waals surface area contributed by atoms with Crippen LogP contribution in [-0.2, 0) is 16.1 Å². The number of amides is 1. The summed E-state index contributed by atoms with van der Waals surface area (Å²) in [4.78, 5) is 31.3. The van der Waals surface area contributed by atoms with E-state index in [4.69, 9.17) is 4.74 Å². The SMILES string of the molecule is Cc1cccc2c(=O)n(CC(=O)N3C[C@@H](C)OC[C@H]3C)cnc12. The van der Waals surface area contributed by atoms with Crippen molar-refractivity contribution in [2.75, 3.05) is 13.2 Å². The summed E-state index contributed by atoms with van der Waals surface area (Å²) in [7, 11) is 0. The molecule has 0 unspecified atom stereocenters. The van der Waals surface area contributed by atoms with E-state index in [0.29, 0.717) is 24.1 Å². The largest absolute Gasteiger partial charge is 0.375 e. The number of hydrogen-bond donors (Lipinski definition) is 0. The second-order valence-corrected chi connectivity index (χ2v) is 6.19. The van der Waals surface area contributed by atoms with E-state index in [1.807, 2.05) is 32.9 Å². The Bertz CT molecular complexity index is 799. The Balaban J connectivity index is 1.88. The Morgan fingerprint density at radius 2 is 2.17 bits per heavy atom. The highest BCUT2D eigenvalue weighted by Gasteiger charge is 2.27. The Morgan fingerprint density at radius 3 is 2.96 bits per heavy atom. The molecular formula is C17H21N3O3. The van der Waals surface area contributed by atoms with E-state index < -0.39 is 0 Å². The summed E-state index contributed by atoms with van der Waals surface area (Å²) in [5, 5.41) is 0.545. The minimum absolute atomic E-state index is 0.00672. The van der Waals surface area contributed by atoms with E-state index in [0.717, 1.165) is 5.56 Å². The second-order valence-electron chi connectivity index (χ2n) is 6.19. The maximum Gasteiger partial charge on any atom is 0.261 e. The zero-order chi connectivity index (χ0) is 16.6. The highest BCUT2D eigenvalue weighted by atomic mass is 16.5. The van der Waals surface area contributed by atoms with Gasteiger partial charge in [-0.1, -0.05) is 12.1 Å². The lowest BCUT2D eigenvalue weighted by Crippen LogP contribution is -2.51. The van der Waals surface area contributed by atoms with Gasteiger partial charge in [0.1, 0.15) is 6.54 Å². The molecule has 0 saturated carbocycles. The number of carbonyl (C=O) groups excluding carboxylic acids is 1. The van der Waals surface area contributed by atoms with Crippen molar-refractivity contribution < 1.29 is 9.53 Å². The Hall–Kier alpha value is -2.21. The molecule has 1 aliphatic heterocycles. The van der Waals surface area contributed by atoms with Gasteiger partial charge in [-0.15, -0.1) is 0 Å². The van der Waals surface area contributed by atoms with Gasteiger partial charge >= 0.3 is 0 Å². The van der Waals surface area contributed by atoms with E-state index in [1.165, 1.54) is 10.9 Å². The molecule has 1 fully saturated rings. The fraction of sp³-hybridized carbons (Fsp3) is 0.471. The fourth-order valence-corrected chi connectivity index (χ4v) is 2.94. The number of rotatable bonds is 2. The first-order chi connectivity index (χ1) is 11.0. The molecule has 0 N–H and O–H groups in total. The minimum Gasteiger partial charge on any atom is -0.375 e. The molecule has 1 amide bonds. The number of fused-ring (bicyclic) bond motifs is 1. The number of aryl methyl sites for hydroxylation is 1. The molecule has 1 aromatic carbocycles. The van der Waals surface area contributed by atoms with Crippen LogP contribution in [0.4, 0.5) is 0 Å². The average Bonchev–Trinajstić information content (AvgIpc) is 2.53. The van der Waals surface area contributed by atoms with Gasteiger partial charge in [0, 0.05) is 6.54 Å². The molecule has 6 heteroatoms. The first-order valence-corrected chi connectivity index (χ1v) is 7.83. The number of ether oxygens (including phenoxy) is 1. The van der Waals surface area contributed by atoms with Crippen LogP contribution < -0.4 is 5.56 Å². The summed E-state index contributed by atoms with van der Waals surface area (Å²) >= 11 is 0. The zero-order valence-electron chi connectivity index (χ0n) is 13.7. The lowest BCUT2D eigenvalue weighted by molar-refractivity contribution is -0.143. The third kappa shape index (κ3) is 2.99. The predicted octanol–water partition coefficient (Wildman–Crippen LogP) is 1.34. The molecule has 1 aliphatic rings. The van der Waals surface area contributed by atoms with Crippen molar-refractivity contribution >= 4 is 16.8 Å². The van der Waals surface area contributed by atoms with Crippen molar-refractivity contribution in [3.8, 4) is 0 Å². The van der Waals surface area contributed by atoms with Gasteiger partial charge in [0.15, 0.2) is 0 Å². The summed E-state index contributed by atoms with van der Waals surface area (Å²) in [6.07, 6.45) is 1.48. The van der Waals surface area contributed by atoms with Crippen molar-refractivity contribution in [2.45, 2.75) is 39.5 Å². The van der Waals surface area contributed by atoms with Crippen molar-refractivity contribution in [3.05, 3.63) is 40.4 Å². The van der Waals surface area contributed by atoms with Crippen LogP contribution in [0.5, 0.6) is 0 Å². The Labute approximate surface area is 134 Å². The molecular weight excluding hydrogens is 294 g/mol. The molecule has 0 spiro atoms. The molecule has 0 aliphatic carbocycles. The Morgan fingerprint density at radius 1 is 1.39 bits per heavy atom. The normalized spacial score (nSPS) is 21.6. The van der Waals surface area contributed by atoms with Crippen LogP contribution >= 0.6 is 0 Å².